The topological polar surface area (TPSA) is 242 Å². The van der Waals surface area contributed by atoms with Crippen LogP contribution in [0.15, 0.2) is 83.5 Å². The molecule has 0 spiro atoms. The molecule has 4 saturated heterocycles. The first-order valence-corrected chi connectivity index (χ1v) is 27.2. The first-order valence-electron chi connectivity index (χ1n) is 27.2. The number of ether oxygens (including phenoxy) is 3. The first kappa shape index (κ1) is 51.1. The number of likely N-dealkylation sites (tertiary alicyclic amines) is 2. The maximum atomic E-state index is 14.2. The van der Waals surface area contributed by atoms with Crippen molar-refractivity contribution in [2.45, 2.75) is 139 Å². The number of rotatable bonds is 17. The Labute approximate surface area is 443 Å². The van der Waals surface area contributed by atoms with Gasteiger partial charge < -0.3 is 59.6 Å². The van der Waals surface area contributed by atoms with E-state index < -0.39 is 18.1 Å². The van der Waals surface area contributed by atoms with Crippen LogP contribution in [0.2, 0.25) is 0 Å². The van der Waals surface area contributed by atoms with Crippen molar-refractivity contribution >= 4 is 29.0 Å². The highest BCUT2D eigenvalue weighted by molar-refractivity contribution is 5.91. The van der Waals surface area contributed by atoms with Gasteiger partial charge in [0.15, 0.2) is 11.6 Å². The molecule has 2 bridgehead atoms. The number of piperazine rings is 1. The van der Waals surface area contributed by atoms with Crippen molar-refractivity contribution in [3.8, 4) is 34.8 Å². The fourth-order valence-corrected chi connectivity index (χ4v) is 12.4. The third-order valence-electron chi connectivity index (χ3n) is 16.6. The lowest BCUT2D eigenvalue weighted by molar-refractivity contribution is -0.141. The van der Waals surface area contributed by atoms with Crippen LogP contribution < -0.4 is 30.3 Å². The number of nitrogen functional groups attached to an aromatic ring is 1. The summed E-state index contributed by atoms with van der Waals surface area (Å²) in [5.41, 5.74) is 10.9. The van der Waals surface area contributed by atoms with E-state index in [1.807, 2.05) is 45.2 Å². The van der Waals surface area contributed by atoms with E-state index in [0.29, 0.717) is 58.2 Å². The molecule has 6 fully saturated rings. The van der Waals surface area contributed by atoms with Crippen molar-refractivity contribution in [3.63, 3.8) is 0 Å². The highest BCUT2D eigenvalue weighted by Gasteiger charge is 2.45. The quantitative estimate of drug-likeness (QED) is 0.0791. The highest BCUT2D eigenvalue weighted by atomic mass is 16.5. The second-order valence-electron chi connectivity index (χ2n) is 22.3. The van der Waals surface area contributed by atoms with Gasteiger partial charge in [-0.3, -0.25) is 9.59 Å². The molecule has 19 heteroatoms. The number of hydrogen-bond donors (Lipinski definition) is 4. The monoisotopic (exact) mass is 1040 g/mol. The third kappa shape index (κ3) is 11.0. The summed E-state index contributed by atoms with van der Waals surface area (Å²) in [6, 6.07) is 23.4. The van der Waals surface area contributed by atoms with Gasteiger partial charge >= 0.3 is 0 Å². The van der Waals surface area contributed by atoms with Crippen LogP contribution >= 0.6 is 0 Å². The van der Waals surface area contributed by atoms with Gasteiger partial charge in [0.05, 0.1) is 47.4 Å². The summed E-state index contributed by atoms with van der Waals surface area (Å²) >= 11 is 0. The highest BCUT2D eigenvalue weighted by Crippen LogP contribution is 2.41. The van der Waals surface area contributed by atoms with Gasteiger partial charge in [0.1, 0.15) is 29.9 Å². The molecule has 7 heterocycles. The number of carbonyl (C=O) groups excluding carboxylic acids is 2. The Balaban J connectivity index is 0.590. The summed E-state index contributed by atoms with van der Waals surface area (Å²) in [6.07, 6.45) is 9.38. The van der Waals surface area contributed by atoms with Crippen molar-refractivity contribution in [1.29, 1.82) is 5.26 Å². The molecule has 2 amide bonds. The number of amides is 2. The molecule has 5 N–H and O–H groups in total. The number of phenols is 1. The molecule has 2 aliphatic carbocycles. The van der Waals surface area contributed by atoms with Gasteiger partial charge in [0.2, 0.25) is 17.7 Å². The number of anilines is 3. The number of nitrogens with two attached hydrogens (primary N) is 1. The Morgan fingerprint density at radius 2 is 1.58 bits per heavy atom. The van der Waals surface area contributed by atoms with Crippen LogP contribution in [0.25, 0.3) is 11.3 Å². The van der Waals surface area contributed by atoms with E-state index in [1.54, 1.807) is 42.5 Å². The smallest absolute Gasteiger partial charge is 0.254 e. The van der Waals surface area contributed by atoms with Gasteiger partial charge in [-0.15, -0.1) is 10.2 Å². The number of carbonyl (C=O) groups is 2. The van der Waals surface area contributed by atoms with E-state index in [2.05, 4.69) is 58.6 Å². The number of nitriles is 1. The van der Waals surface area contributed by atoms with Gasteiger partial charge in [0.25, 0.3) is 5.88 Å². The molecule has 0 radical (unpaired) electrons. The number of nitrogens with one attached hydrogen (secondary N) is 1. The number of pyridine rings is 1. The van der Waals surface area contributed by atoms with Crippen LogP contribution in [-0.4, -0.2) is 140 Å². The van der Waals surface area contributed by atoms with Crippen LogP contribution in [0.5, 0.6) is 17.5 Å². The zero-order valence-electron chi connectivity index (χ0n) is 43.5. The number of aliphatic hydroxyl groups excluding tert-OH is 1. The van der Waals surface area contributed by atoms with E-state index in [4.69, 9.17) is 29.7 Å². The van der Waals surface area contributed by atoms with Crippen molar-refractivity contribution in [1.82, 2.24) is 35.5 Å². The van der Waals surface area contributed by atoms with Crippen LogP contribution in [-0.2, 0) is 14.3 Å². The molecule has 11 rings (SSSR count). The lowest BCUT2D eigenvalue weighted by atomic mass is 9.81. The standard InChI is InChI=1S/C57H69N11O8/c1-33(2)54(57(72)67-32-41(69)23-49(67)56(71)61-34(3)37-10-8-35(28-58)9-11-37)51-27-53(64-76-51)75-43-20-36(21-43)29-65-18-15-42(16-19-65)73-44-24-45(25-44)74-52-22-38(14-17-60-52)68-39-12-13-40(68)31-66(30-39)48-26-47(62-63-55(48)59)46-6-4-5-7-50(46)70/h4-11,14,17,22,26-27,33-34,36,39-45,49,54,69-70H,12-13,15-16,18-21,23-25,29-32H2,1-3H3,(H2,59,63)(H,61,71)/t34-,36?,39+,40?,41+,43?,44?,45?,49-,54+/m0/s1. The van der Waals surface area contributed by atoms with Crippen LogP contribution in [0, 0.1) is 23.2 Å². The van der Waals surface area contributed by atoms with Gasteiger partial charge in [-0.25, -0.2) is 4.98 Å². The molecule has 1 unspecified atom stereocenters. The number of benzene rings is 2. The minimum atomic E-state index is -0.844. The molecular formula is C57H69N11O8. The van der Waals surface area contributed by atoms with E-state index >= 15 is 0 Å². The molecule has 4 aliphatic heterocycles. The van der Waals surface area contributed by atoms with Crippen molar-refractivity contribution in [3.05, 3.63) is 95.9 Å². The molecule has 19 nitrogen and oxygen atoms in total. The van der Waals surface area contributed by atoms with Crippen LogP contribution in [0.4, 0.5) is 17.2 Å². The zero-order valence-corrected chi connectivity index (χ0v) is 43.5. The molecule has 5 aromatic rings. The average molecular weight is 1040 g/mol. The summed E-state index contributed by atoms with van der Waals surface area (Å²) in [5, 5.41) is 46.0. The van der Waals surface area contributed by atoms with Gasteiger partial charge in [-0.05, 0) is 104 Å². The molecule has 2 aromatic carbocycles. The fourth-order valence-electron chi connectivity index (χ4n) is 12.4. The molecule has 2 saturated carbocycles. The molecule has 6 atom stereocenters. The second-order valence-corrected chi connectivity index (χ2v) is 22.3. The number of aromatic nitrogens is 4. The number of piperidine rings is 1. The Morgan fingerprint density at radius 1 is 0.855 bits per heavy atom. The maximum Gasteiger partial charge on any atom is 0.254 e. The van der Waals surface area contributed by atoms with Gasteiger partial charge in [-0.1, -0.05) is 38.1 Å². The number of nitrogens with zero attached hydrogens (tertiary/aromatic N) is 9. The lowest BCUT2D eigenvalue weighted by Crippen LogP contribution is -2.54. The Hall–Kier alpha value is -7.01. The van der Waals surface area contributed by atoms with Gasteiger partial charge in [0, 0.05) is 100 Å². The predicted octanol–water partition coefficient (Wildman–Crippen LogP) is 6.37. The lowest BCUT2D eigenvalue weighted by Gasteiger charge is -2.43. The van der Waals surface area contributed by atoms with Crippen LogP contribution in [0.1, 0.15) is 107 Å². The van der Waals surface area contributed by atoms with Crippen molar-refractivity contribution in [2.75, 3.05) is 54.8 Å². The first-order chi connectivity index (χ1) is 36.8. The summed E-state index contributed by atoms with van der Waals surface area (Å²) in [6.45, 7) is 10.4. The van der Waals surface area contributed by atoms with Gasteiger partial charge in [-0.2, -0.15) is 5.26 Å². The molecule has 76 heavy (non-hydrogen) atoms. The average Bonchev–Trinajstić information content (AvgIpc) is 4.11. The number of fused-ring (bicyclic) bond motifs is 2. The summed E-state index contributed by atoms with van der Waals surface area (Å²) in [5.74, 6) is 0.899. The second kappa shape index (κ2) is 21.9. The number of β-amino-alcohol motifs (C(OH)–C–C–N with tert-alkyl or cyclic N) is 1. The van der Waals surface area contributed by atoms with Crippen LogP contribution in [0.3, 0.4) is 0 Å². The third-order valence-corrected chi connectivity index (χ3v) is 16.6. The fraction of sp³-hybridized carbons (Fsp3) is 0.526. The minimum absolute atomic E-state index is 0.0123. The Kier molecular flexibility index (Phi) is 14.7. The molecule has 3 aromatic heterocycles. The minimum Gasteiger partial charge on any atom is -0.507 e. The predicted molar refractivity (Wildman–Crippen MR) is 282 cm³/mol. The van der Waals surface area contributed by atoms with E-state index in [0.717, 1.165) is 101 Å². The normalized spacial score (nSPS) is 26.3. The summed E-state index contributed by atoms with van der Waals surface area (Å²) < 4.78 is 25.0. The number of aliphatic hydroxyl groups is 1. The molecule has 6 aliphatic rings. The van der Waals surface area contributed by atoms with Crippen molar-refractivity contribution in [2.24, 2.45) is 11.8 Å². The van der Waals surface area contributed by atoms with E-state index in [-0.39, 0.29) is 66.9 Å². The summed E-state index contributed by atoms with van der Waals surface area (Å²) in [7, 11) is 0. The number of para-hydroxylation sites is 1. The SMILES string of the molecule is CC(C)[C@@H](C(=O)N1C[C@H](O)C[C@H]1C(=O)N[C@@H](C)c1ccc(C#N)cc1)c1cc(OC2CC(CN3CCC(OC4CC(Oc5cc(N6C7CC[C@@H]6CN(c6cc(-c8ccccc8O)nnc6N)C7)ccn5)C4)CC3)C2)no1. The maximum absolute atomic E-state index is 14.2. The number of phenolic OH excluding ortho intramolecular Hbond substituents is 1. The molecule has 400 valence electrons. The van der Waals surface area contributed by atoms with E-state index in [1.165, 1.54) is 4.90 Å². The number of aromatic hydroxyl groups is 1. The van der Waals surface area contributed by atoms with E-state index in [9.17, 15) is 19.8 Å². The van der Waals surface area contributed by atoms with Crippen molar-refractivity contribution < 1.29 is 38.5 Å². The largest absolute Gasteiger partial charge is 0.507 e. The number of hydrogen-bond acceptors (Lipinski definition) is 17. The molecular weight excluding hydrogens is 967 g/mol. The Bertz CT molecular complexity index is 2880. The Morgan fingerprint density at radius 3 is 2.30 bits per heavy atom. The summed E-state index contributed by atoms with van der Waals surface area (Å²) in [4.78, 5) is 41.2. The zero-order chi connectivity index (χ0) is 52.6.